The van der Waals surface area contributed by atoms with Crippen molar-refractivity contribution in [2.45, 2.75) is 12.8 Å². The molecule has 3 nitrogen and oxygen atoms in total. The number of benzene rings is 1. The van der Waals surface area contributed by atoms with Gasteiger partial charge in [0, 0.05) is 13.1 Å². The van der Waals surface area contributed by atoms with Crippen molar-refractivity contribution in [3.63, 3.8) is 0 Å². The number of rotatable bonds is 1. The van der Waals surface area contributed by atoms with Gasteiger partial charge in [-0.2, -0.15) is 0 Å². The van der Waals surface area contributed by atoms with Crippen molar-refractivity contribution >= 4 is 5.91 Å². The van der Waals surface area contributed by atoms with E-state index in [-0.39, 0.29) is 11.7 Å². The van der Waals surface area contributed by atoms with Gasteiger partial charge >= 0.3 is 0 Å². The Kier molecular flexibility index (Phi) is 2.39. The lowest BCUT2D eigenvalue weighted by Gasteiger charge is -2.15. The van der Waals surface area contributed by atoms with E-state index >= 15 is 0 Å². The van der Waals surface area contributed by atoms with Crippen molar-refractivity contribution in [2.24, 2.45) is 0 Å². The average Bonchev–Trinajstić information content (AvgIpc) is 2.70. The van der Waals surface area contributed by atoms with E-state index in [2.05, 4.69) is 0 Å². The van der Waals surface area contributed by atoms with Gasteiger partial charge in [0.2, 0.25) is 0 Å². The molecule has 0 unspecified atom stereocenters. The quantitative estimate of drug-likeness (QED) is 0.732. The van der Waals surface area contributed by atoms with E-state index < -0.39 is 0 Å². The Balaban J connectivity index is 2.22. The number of para-hydroxylation sites is 1. The normalized spacial score (nSPS) is 15.9. The fraction of sp³-hybridized carbons (Fsp3) is 0.364. The summed E-state index contributed by atoms with van der Waals surface area (Å²) < 4.78 is 0. The predicted octanol–water partition coefficient (Wildman–Crippen LogP) is 1.63. The molecule has 0 bridgehead atoms. The van der Waals surface area contributed by atoms with Gasteiger partial charge in [0.05, 0.1) is 5.56 Å². The van der Waals surface area contributed by atoms with Crippen LogP contribution in [0, 0.1) is 0 Å². The van der Waals surface area contributed by atoms with Gasteiger partial charge in [0.1, 0.15) is 5.75 Å². The fourth-order valence-electron chi connectivity index (χ4n) is 1.75. The van der Waals surface area contributed by atoms with E-state index in [9.17, 15) is 9.90 Å². The molecule has 1 aromatic rings. The Morgan fingerprint density at radius 3 is 2.50 bits per heavy atom. The van der Waals surface area contributed by atoms with E-state index in [1.54, 1.807) is 29.2 Å². The molecule has 1 aromatic carbocycles. The van der Waals surface area contributed by atoms with Crippen LogP contribution in [0.5, 0.6) is 5.75 Å². The SMILES string of the molecule is O=C(c1ccccc1O)N1CCCC1. The smallest absolute Gasteiger partial charge is 0.257 e. The van der Waals surface area contributed by atoms with E-state index in [4.69, 9.17) is 0 Å². The summed E-state index contributed by atoms with van der Waals surface area (Å²) in [5.74, 6) is 0.0185. The average molecular weight is 191 g/mol. The zero-order valence-corrected chi connectivity index (χ0v) is 7.94. The third kappa shape index (κ3) is 1.58. The van der Waals surface area contributed by atoms with Gasteiger partial charge in [-0.05, 0) is 25.0 Å². The Morgan fingerprint density at radius 1 is 1.21 bits per heavy atom. The van der Waals surface area contributed by atoms with Gasteiger partial charge in [0.25, 0.3) is 5.91 Å². The maximum absolute atomic E-state index is 11.8. The minimum atomic E-state index is -0.0550. The summed E-state index contributed by atoms with van der Waals surface area (Å²) in [7, 11) is 0. The second-order valence-corrected chi connectivity index (χ2v) is 3.52. The van der Waals surface area contributed by atoms with Gasteiger partial charge in [-0.3, -0.25) is 4.79 Å². The zero-order chi connectivity index (χ0) is 9.97. The van der Waals surface area contributed by atoms with Crippen LogP contribution in [0.25, 0.3) is 0 Å². The summed E-state index contributed by atoms with van der Waals surface area (Å²) in [5.41, 5.74) is 0.411. The number of aromatic hydroxyl groups is 1. The van der Waals surface area contributed by atoms with Crippen LogP contribution in [0.2, 0.25) is 0 Å². The second kappa shape index (κ2) is 3.70. The van der Waals surface area contributed by atoms with E-state index in [0.717, 1.165) is 25.9 Å². The highest BCUT2D eigenvalue weighted by molar-refractivity contribution is 5.96. The van der Waals surface area contributed by atoms with Gasteiger partial charge in [-0.25, -0.2) is 0 Å². The molecule has 1 aliphatic rings. The highest BCUT2D eigenvalue weighted by Gasteiger charge is 2.21. The third-order valence-corrected chi connectivity index (χ3v) is 2.53. The zero-order valence-electron chi connectivity index (χ0n) is 7.94. The number of carbonyl (C=O) groups excluding carboxylic acids is 1. The van der Waals surface area contributed by atoms with Crippen molar-refractivity contribution in [2.75, 3.05) is 13.1 Å². The summed E-state index contributed by atoms with van der Waals surface area (Å²) in [5, 5.41) is 9.49. The van der Waals surface area contributed by atoms with Crippen molar-refractivity contribution in [1.29, 1.82) is 0 Å². The number of hydrogen-bond acceptors (Lipinski definition) is 2. The molecule has 1 aliphatic heterocycles. The molecular formula is C11H13NO2. The van der Waals surface area contributed by atoms with Crippen molar-refractivity contribution < 1.29 is 9.90 Å². The highest BCUT2D eigenvalue weighted by atomic mass is 16.3. The van der Waals surface area contributed by atoms with Crippen LogP contribution >= 0.6 is 0 Å². The number of nitrogens with zero attached hydrogens (tertiary/aromatic N) is 1. The van der Waals surface area contributed by atoms with Crippen molar-refractivity contribution in [3.8, 4) is 5.75 Å². The lowest BCUT2D eigenvalue weighted by atomic mass is 10.2. The van der Waals surface area contributed by atoms with E-state index in [1.807, 2.05) is 0 Å². The van der Waals surface area contributed by atoms with E-state index in [1.165, 1.54) is 0 Å². The van der Waals surface area contributed by atoms with Crippen LogP contribution < -0.4 is 0 Å². The van der Waals surface area contributed by atoms with E-state index in [0.29, 0.717) is 5.56 Å². The minimum absolute atomic E-state index is 0.0550. The Bertz CT molecular complexity index is 343. The summed E-state index contributed by atoms with van der Waals surface area (Å²) in [6.45, 7) is 1.63. The summed E-state index contributed by atoms with van der Waals surface area (Å²) in [6.07, 6.45) is 2.14. The molecule has 1 fully saturated rings. The first-order valence-corrected chi connectivity index (χ1v) is 4.86. The molecule has 0 aliphatic carbocycles. The molecule has 0 radical (unpaired) electrons. The van der Waals surface area contributed by atoms with Gasteiger partial charge < -0.3 is 10.0 Å². The van der Waals surface area contributed by atoms with Gasteiger partial charge in [-0.15, -0.1) is 0 Å². The molecule has 1 heterocycles. The predicted molar refractivity (Wildman–Crippen MR) is 53.2 cm³/mol. The molecule has 3 heteroatoms. The Hall–Kier alpha value is -1.51. The van der Waals surface area contributed by atoms with Gasteiger partial charge in [-0.1, -0.05) is 12.1 Å². The lowest BCUT2D eigenvalue weighted by molar-refractivity contribution is 0.0790. The molecule has 0 aromatic heterocycles. The molecule has 0 spiro atoms. The molecule has 1 N–H and O–H groups in total. The first kappa shape index (κ1) is 9.06. The van der Waals surface area contributed by atoms with Crippen LogP contribution in [-0.2, 0) is 0 Å². The van der Waals surface area contributed by atoms with Crippen LogP contribution in [-0.4, -0.2) is 29.0 Å². The molecular weight excluding hydrogens is 178 g/mol. The molecule has 1 amide bonds. The monoisotopic (exact) mass is 191 g/mol. The third-order valence-electron chi connectivity index (χ3n) is 2.53. The molecule has 0 saturated carbocycles. The number of phenolic OH excluding ortho intramolecular Hbond substituents is 1. The maximum Gasteiger partial charge on any atom is 0.257 e. The van der Waals surface area contributed by atoms with Crippen molar-refractivity contribution in [1.82, 2.24) is 4.90 Å². The Labute approximate surface area is 83.0 Å². The molecule has 1 saturated heterocycles. The van der Waals surface area contributed by atoms with Crippen LogP contribution in [0.4, 0.5) is 0 Å². The first-order chi connectivity index (χ1) is 6.79. The fourth-order valence-corrected chi connectivity index (χ4v) is 1.75. The molecule has 14 heavy (non-hydrogen) atoms. The molecule has 0 atom stereocenters. The van der Waals surface area contributed by atoms with Crippen LogP contribution in [0.15, 0.2) is 24.3 Å². The van der Waals surface area contributed by atoms with Crippen LogP contribution in [0.3, 0.4) is 0 Å². The summed E-state index contributed by atoms with van der Waals surface area (Å²) in [4.78, 5) is 13.6. The number of hydrogen-bond donors (Lipinski definition) is 1. The number of amides is 1. The number of likely N-dealkylation sites (tertiary alicyclic amines) is 1. The second-order valence-electron chi connectivity index (χ2n) is 3.52. The van der Waals surface area contributed by atoms with Gasteiger partial charge in [0.15, 0.2) is 0 Å². The largest absolute Gasteiger partial charge is 0.507 e. The summed E-state index contributed by atoms with van der Waals surface area (Å²) >= 11 is 0. The topological polar surface area (TPSA) is 40.5 Å². The maximum atomic E-state index is 11.8. The standard InChI is InChI=1S/C11H13NO2/c13-10-6-2-1-5-9(10)11(14)12-7-3-4-8-12/h1-2,5-6,13H,3-4,7-8H2. The molecule has 2 rings (SSSR count). The number of phenols is 1. The summed E-state index contributed by atoms with van der Waals surface area (Å²) in [6, 6.07) is 6.69. The lowest BCUT2D eigenvalue weighted by Crippen LogP contribution is -2.27. The minimum Gasteiger partial charge on any atom is -0.507 e. The first-order valence-electron chi connectivity index (χ1n) is 4.86. The Morgan fingerprint density at radius 2 is 1.86 bits per heavy atom. The highest BCUT2D eigenvalue weighted by Crippen LogP contribution is 2.20. The van der Waals surface area contributed by atoms with Crippen LogP contribution in [0.1, 0.15) is 23.2 Å². The number of carbonyl (C=O) groups is 1. The van der Waals surface area contributed by atoms with Crippen molar-refractivity contribution in [3.05, 3.63) is 29.8 Å². The molecule has 74 valence electrons.